The lowest BCUT2D eigenvalue weighted by molar-refractivity contribution is -0.131. The Kier molecular flexibility index (Phi) is 4.33. The SMILES string of the molecule is CN1C(=O)CCN(C)C2(NC(=O)OC(C)(C)C)C=CC=CC12. The van der Waals surface area contributed by atoms with Gasteiger partial charge >= 0.3 is 6.09 Å². The molecule has 2 unspecified atom stereocenters. The zero-order valence-electron chi connectivity index (χ0n) is 13.9. The van der Waals surface area contributed by atoms with E-state index in [1.807, 2.05) is 57.0 Å². The van der Waals surface area contributed by atoms with Gasteiger partial charge < -0.3 is 9.64 Å². The number of carbonyl (C=O) groups is 2. The highest BCUT2D eigenvalue weighted by atomic mass is 16.6. The van der Waals surface area contributed by atoms with E-state index in [1.165, 1.54) is 0 Å². The van der Waals surface area contributed by atoms with Crippen molar-refractivity contribution in [2.75, 3.05) is 20.6 Å². The van der Waals surface area contributed by atoms with Gasteiger partial charge in [-0.1, -0.05) is 18.2 Å². The van der Waals surface area contributed by atoms with Crippen LogP contribution in [0.5, 0.6) is 0 Å². The van der Waals surface area contributed by atoms with Crippen LogP contribution >= 0.6 is 0 Å². The number of likely N-dealkylation sites (N-methyl/N-ethyl adjacent to an activating group) is 2. The van der Waals surface area contributed by atoms with Crippen molar-refractivity contribution in [3.63, 3.8) is 0 Å². The number of alkyl carbamates (subject to hydrolysis) is 1. The molecule has 1 heterocycles. The smallest absolute Gasteiger partial charge is 0.409 e. The zero-order valence-corrected chi connectivity index (χ0v) is 13.9. The molecule has 122 valence electrons. The van der Waals surface area contributed by atoms with Crippen molar-refractivity contribution >= 4 is 12.0 Å². The Morgan fingerprint density at radius 3 is 2.68 bits per heavy atom. The summed E-state index contributed by atoms with van der Waals surface area (Å²) < 4.78 is 5.40. The van der Waals surface area contributed by atoms with E-state index < -0.39 is 17.4 Å². The average molecular weight is 307 g/mol. The third kappa shape index (κ3) is 3.16. The predicted molar refractivity (Wildman–Crippen MR) is 84.2 cm³/mol. The number of amides is 2. The van der Waals surface area contributed by atoms with Crippen molar-refractivity contribution in [3.05, 3.63) is 24.3 Å². The van der Waals surface area contributed by atoms with Crippen molar-refractivity contribution in [1.29, 1.82) is 0 Å². The van der Waals surface area contributed by atoms with E-state index >= 15 is 0 Å². The molecule has 1 aliphatic carbocycles. The Labute approximate surface area is 131 Å². The number of carbonyl (C=O) groups excluding carboxylic acids is 2. The van der Waals surface area contributed by atoms with Gasteiger partial charge in [-0.25, -0.2) is 4.79 Å². The number of rotatable bonds is 1. The summed E-state index contributed by atoms with van der Waals surface area (Å²) in [6, 6.07) is -0.273. The standard InChI is InChI=1S/C16H25N3O3/c1-15(2,3)22-14(21)17-16-10-7-6-8-12(16)19(5)13(20)9-11-18(16)4/h6-8,10,12H,9,11H2,1-5H3,(H,17,21). The van der Waals surface area contributed by atoms with Gasteiger partial charge in [-0.05, 0) is 33.9 Å². The van der Waals surface area contributed by atoms with Crippen LogP contribution in [-0.2, 0) is 9.53 Å². The second-order valence-corrected chi connectivity index (χ2v) is 6.82. The first-order valence-corrected chi connectivity index (χ1v) is 7.50. The molecule has 0 saturated carbocycles. The molecule has 22 heavy (non-hydrogen) atoms. The van der Waals surface area contributed by atoms with Gasteiger partial charge in [0.1, 0.15) is 11.3 Å². The zero-order chi connectivity index (χ0) is 16.5. The molecular formula is C16H25N3O3. The number of allylic oxidation sites excluding steroid dienone is 2. The summed E-state index contributed by atoms with van der Waals surface area (Å²) in [5.74, 6) is 0.0599. The van der Waals surface area contributed by atoms with Crippen LogP contribution in [0.1, 0.15) is 27.2 Å². The number of hydrogen-bond donors (Lipinski definition) is 1. The van der Waals surface area contributed by atoms with E-state index in [0.717, 1.165) is 0 Å². The summed E-state index contributed by atoms with van der Waals surface area (Å²) >= 11 is 0. The van der Waals surface area contributed by atoms with Crippen LogP contribution < -0.4 is 5.32 Å². The van der Waals surface area contributed by atoms with Crippen LogP contribution in [0.2, 0.25) is 0 Å². The number of nitrogens with one attached hydrogen (secondary N) is 1. The lowest BCUT2D eigenvalue weighted by Crippen LogP contribution is -2.67. The largest absolute Gasteiger partial charge is 0.444 e. The predicted octanol–water partition coefficient (Wildman–Crippen LogP) is 1.50. The normalized spacial score (nSPS) is 29.0. The van der Waals surface area contributed by atoms with Crippen molar-refractivity contribution in [2.45, 2.75) is 44.5 Å². The molecule has 0 spiro atoms. The summed E-state index contributed by atoms with van der Waals surface area (Å²) in [6.07, 6.45) is 7.54. The van der Waals surface area contributed by atoms with E-state index in [1.54, 1.807) is 11.9 Å². The van der Waals surface area contributed by atoms with Crippen molar-refractivity contribution in [1.82, 2.24) is 15.1 Å². The third-order valence-electron chi connectivity index (χ3n) is 4.01. The minimum Gasteiger partial charge on any atom is -0.444 e. The van der Waals surface area contributed by atoms with Crippen molar-refractivity contribution in [2.24, 2.45) is 0 Å². The molecule has 2 amide bonds. The maximum absolute atomic E-state index is 12.3. The molecule has 6 heteroatoms. The molecule has 1 saturated heterocycles. The van der Waals surface area contributed by atoms with Gasteiger partial charge in [-0.15, -0.1) is 0 Å². The fourth-order valence-electron chi connectivity index (χ4n) is 2.85. The number of ether oxygens (including phenoxy) is 1. The second kappa shape index (κ2) is 5.76. The molecule has 2 atom stereocenters. The molecule has 1 fully saturated rings. The highest BCUT2D eigenvalue weighted by Crippen LogP contribution is 2.29. The van der Waals surface area contributed by atoms with Crippen molar-refractivity contribution < 1.29 is 14.3 Å². The molecule has 1 N–H and O–H groups in total. The first kappa shape index (κ1) is 16.5. The van der Waals surface area contributed by atoms with Crippen LogP contribution in [0.4, 0.5) is 4.79 Å². The average Bonchev–Trinajstić information content (AvgIpc) is 2.49. The van der Waals surface area contributed by atoms with E-state index in [-0.39, 0.29) is 11.9 Å². The highest BCUT2D eigenvalue weighted by molar-refractivity contribution is 5.78. The van der Waals surface area contributed by atoms with Gasteiger partial charge in [-0.2, -0.15) is 0 Å². The van der Waals surface area contributed by atoms with E-state index in [2.05, 4.69) is 5.32 Å². The lowest BCUT2D eigenvalue weighted by atomic mass is 9.93. The van der Waals surface area contributed by atoms with E-state index in [9.17, 15) is 9.59 Å². The van der Waals surface area contributed by atoms with Gasteiger partial charge in [0.05, 0.1) is 6.04 Å². The molecular weight excluding hydrogens is 282 g/mol. The minimum atomic E-state index is -0.794. The Morgan fingerprint density at radius 2 is 2.05 bits per heavy atom. The maximum atomic E-state index is 12.3. The fraction of sp³-hybridized carbons (Fsp3) is 0.625. The molecule has 0 aromatic heterocycles. The summed E-state index contributed by atoms with van der Waals surface area (Å²) in [5, 5.41) is 2.96. The van der Waals surface area contributed by atoms with Crippen LogP contribution in [0.25, 0.3) is 0 Å². The van der Waals surface area contributed by atoms with Crippen LogP contribution in [0, 0.1) is 0 Å². The molecule has 1 aliphatic heterocycles. The molecule has 2 aliphatic rings. The quantitative estimate of drug-likeness (QED) is 0.797. The topological polar surface area (TPSA) is 61.9 Å². The molecule has 0 bridgehead atoms. The van der Waals surface area contributed by atoms with Gasteiger partial charge in [0, 0.05) is 20.0 Å². The summed E-state index contributed by atoms with van der Waals surface area (Å²) in [5.41, 5.74) is -1.37. The molecule has 0 aromatic rings. The van der Waals surface area contributed by atoms with Gasteiger partial charge in [0.25, 0.3) is 0 Å². The number of hydrogen-bond acceptors (Lipinski definition) is 4. The summed E-state index contributed by atoms with van der Waals surface area (Å²) in [7, 11) is 3.67. The van der Waals surface area contributed by atoms with Crippen molar-refractivity contribution in [3.8, 4) is 0 Å². The molecule has 0 aromatic carbocycles. The molecule has 2 rings (SSSR count). The fourth-order valence-corrected chi connectivity index (χ4v) is 2.85. The number of nitrogens with zero attached hydrogens (tertiary/aromatic N) is 2. The Bertz CT molecular complexity index is 521. The molecule has 6 nitrogen and oxygen atoms in total. The Morgan fingerprint density at radius 1 is 1.36 bits per heavy atom. The van der Waals surface area contributed by atoms with E-state index in [0.29, 0.717) is 13.0 Å². The second-order valence-electron chi connectivity index (χ2n) is 6.82. The third-order valence-corrected chi connectivity index (χ3v) is 4.01. The maximum Gasteiger partial charge on any atom is 0.409 e. The molecule has 0 radical (unpaired) electrons. The van der Waals surface area contributed by atoms with Gasteiger partial charge in [0.15, 0.2) is 0 Å². The van der Waals surface area contributed by atoms with Crippen LogP contribution in [-0.4, -0.2) is 59.7 Å². The van der Waals surface area contributed by atoms with Crippen LogP contribution in [0.15, 0.2) is 24.3 Å². The Hall–Kier alpha value is -1.82. The van der Waals surface area contributed by atoms with Gasteiger partial charge in [-0.3, -0.25) is 15.0 Å². The lowest BCUT2D eigenvalue weighted by Gasteiger charge is -2.46. The highest BCUT2D eigenvalue weighted by Gasteiger charge is 2.47. The first-order chi connectivity index (χ1) is 10.2. The summed E-state index contributed by atoms with van der Waals surface area (Å²) in [6.45, 7) is 6.04. The van der Waals surface area contributed by atoms with E-state index in [4.69, 9.17) is 4.74 Å². The van der Waals surface area contributed by atoms with Gasteiger partial charge in [0.2, 0.25) is 5.91 Å². The Balaban J connectivity index is 2.33. The monoisotopic (exact) mass is 307 g/mol. The minimum absolute atomic E-state index is 0.0599. The first-order valence-electron chi connectivity index (χ1n) is 7.50. The van der Waals surface area contributed by atoms with Crippen LogP contribution in [0.3, 0.4) is 0 Å². The summed E-state index contributed by atoms with van der Waals surface area (Å²) in [4.78, 5) is 28.1. The number of fused-ring (bicyclic) bond motifs is 1.